The van der Waals surface area contributed by atoms with Gasteiger partial charge in [-0.25, -0.2) is 8.42 Å². The molecule has 1 aliphatic rings. The van der Waals surface area contributed by atoms with Gasteiger partial charge in [-0.2, -0.15) is 5.10 Å². The number of piperidine rings is 1. The van der Waals surface area contributed by atoms with E-state index in [2.05, 4.69) is 15.2 Å². The van der Waals surface area contributed by atoms with Crippen LogP contribution in [0.3, 0.4) is 0 Å². The first kappa shape index (κ1) is 16.6. The summed E-state index contributed by atoms with van der Waals surface area (Å²) in [7, 11) is -3.37. The lowest BCUT2D eigenvalue weighted by Crippen LogP contribution is -2.47. The fourth-order valence-corrected chi connectivity index (χ4v) is 4.18. The normalized spacial score (nSPS) is 21.7. The highest BCUT2D eigenvalue weighted by atomic mass is 32.2. The van der Waals surface area contributed by atoms with Gasteiger partial charge in [-0.15, -0.1) is 0 Å². The number of hydrogen-bond donors (Lipinski definition) is 1. The Labute approximate surface area is 141 Å². The van der Waals surface area contributed by atoms with E-state index in [-0.39, 0.29) is 10.8 Å². The van der Waals surface area contributed by atoms with E-state index in [0.717, 1.165) is 12.8 Å². The summed E-state index contributed by atoms with van der Waals surface area (Å²) in [6, 6.07) is 3.46. The average molecular weight is 348 g/mol. The van der Waals surface area contributed by atoms with Gasteiger partial charge in [0.25, 0.3) is 5.91 Å². The van der Waals surface area contributed by atoms with Crippen molar-refractivity contribution in [2.24, 2.45) is 0 Å². The van der Waals surface area contributed by atoms with E-state index >= 15 is 0 Å². The molecule has 24 heavy (non-hydrogen) atoms. The molecule has 3 heterocycles. The molecule has 1 fully saturated rings. The molecule has 0 aromatic carbocycles. The van der Waals surface area contributed by atoms with Crippen molar-refractivity contribution in [1.29, 1.82) is 0 Å². The summed E-state index contributed by atoms with van der Waals surface area (Å²) in [6.07, 6.45) is 7.27. The molecule has 8 heteroatoms. The second-order valence-corrected chi connectivity index (χ2v) is 8.50. The maximum Gasteiger partial charge on any atom is 0.255 e. The highest BCUT2D eigenvalue weighted by Crippen LogP contribution is 2.36. The maximum atomic E-state index is 12.7. The van der Waals surface area contributed by atoms with Crippen molar-refractivity contribution in [1.82, 2.24) is 20.1 Å². The van der Waals surface area contributed by atoms with Gasteiger partial charge in [0, 0.05) is 37.2 Å². The number of rotatable bonds is 3. The van der Waals surface area contributed by atoms with Gasteiger partial charge in [0.05, 0.1) is 17.5 Å². The number of H-pyrrole nitrogens is 1. The van der Waals surface area contributed by atoms with Crippen LogP contribution >= 0.6 is 0 Å². The monoisotopic (exact) mass is 348 g/mol. The number of aromatic nitrogens is 3. The van der Waals surface area contributed by atoms with Crippen LogP contribution in [0.15, 0.2) is 35.6 Å². The van der Waals surface area contributed by atoms with E-state index in [1.165, 1.54) is 12.5 Å². The number of likely N-dealkylation sites (tertiary alicyclic amines) is 1. The number of carbonyl (C=O) groups excluding carboxylic acids is 1. The van der Waals surface area contributed by atoms with Crippen molar-refractivity contribution in [3.63, 3.8) is 0 Å². The van der Waals surface area contributed by atoms with Crippen LogP contribution in [-0.2, 0) is 15.3 Å². The number of pyridine rings is 1. The van der Waals surface area contributed by atoms with Gasteiger partial charge in [-0.3, -0.25) is 14.9 Å². The first-order chi connectivity index (χ1) is 11.3. The predicted octanol–water partition coefficient (Wildman–Crippen LogP) is 1.40. The van der Waals surface area contributed by atoms with E-state index < -0.39 is 15.3 Å². The first-order valence-corrected chi connectivity index (χ1v) is 9.64. The molecule has 0 aliphatic carbocycles. The minimum absolute atomic E-state index is 0.0885. The van der Waals surface area contributed by atoms with Crippen LogP contribution in [0, 0.1) is 0 Å². The van der Waals surface area contributed by atoms with E-state index in [0.29, 0.717) is 24.3 Å². The molecule has 3 rings (SSSR count). The molecule has 0 unspecified atom stereocenters. The second kappa shape index (κ2) is 6.01. The summed E-state index contributed by atoms with van der Waals surface area (Å²) in [5.74, 6) is -0.0885. The lowest BCUT2D eigenvalue weighted by molar-refractivity contribution is 0.0645. The molecule has 1 saturated heterocycles. The number of carbonyl (C=O) groups is 1. The lowest BCUT2D eigenvalue weighted by atomic mass is 9.79. The van der Waals surface area contributed by atoms with Crippen LogP contribution in [0.25, 0.3) is 0 Å². The van der Waals surface area contributed by atoms with Crippen molar-refractivity contribution >= 4 is 15.7 Å². The fraction of sp³-hybridized carbons (Fsp3) is 0.438. The molecule has 0 bridgehead atoms. The molecule has 1 aliphatic heterocycles. The Balaban J connectivity index is 1.90. The molecule has 7 nitrogen and oxygen atoms in total. The van der Waals surface area contributed by atoms with Gasteiger partial charge in [0.2, 0.25) is 0 Å². The zero-order chi connectivity index (χ0) is 17.4. The molecule has 2 aromatic rings. The van der Waals surface area contributed by atoms with Crippen molar-refractivity contribution in [3.05, 3.63) is 42.0 Å². The Morgan fingerprint density at radius 1 is 1.38 bits per heavy atom. The van der Waals surface area contributed by atoms with E-state index in [9.17, 15) is 13.2 Å². The van der Waals surface area contributed by atoms with Gasteiger partial charge in [-0.05, 0) is 25.0 Å². The number of hydrogen-bond acceptors (Lipinski definition) is 5. The van der Waals surface area contributed by atoms with Crippen LogP contribution < -0.4 is 0 Å². The van der Waals surface area contributed by atoms with Gasteiger partial charge in [0.15, 0.2) is 9.84 Å². The predicted molar refractivity (Wildman–Crippen MR) is 88.4 cm³/mol. The minimum atomic E-state index is -3.37. The topological polar surface area (TPSA) is 96.0 Å². The molecule has 2 aromatic heterocycles. The number of nitrogens with one attached hydrogen (secondary N) is 1. The molecule has 1 N–H and O–H groups in total. The Morgan fingerprint density at radius 2 is 2.17 bits per heavy atom. The largest absolute Gasteiger partial charge is 0.338 e. The van der Waals surface area contributed by atoms with Crippen LogP contribution in [0.5, 0.6) is 0 Å². The number of sulfone groups is 1. The van der Waals surface area contributed by atoms with E-state index in [1.807, 2.05) is 6.92 Å². The van der Waals surface area contributed by atoms with Crippen LogP contribution in [0.2, 0.25) is 0 Å². The summed E-state index contributed by atoms with van der Waals surface area (Å²) >= 11 is 0. The molecular formula is C16H20N4O3S. The lowest BCUT2D eigenvalue weighted by Gasteiger charge is -2.40. The van der Waals surface area contributed by atoms with Crippen LogP contribution in [-0.4, -0.2) is 53.8 Å². The average Bonchev–Trinajstić information content (AvgIpc) is 3.06. The van der Waals surface area contributed by atoms with Gasteiger partial charge in [0.1, 0.15) is 4.90 Å². The number of nitrogens with zero attached hydrogens (tertiary/aromatic N) is 3. The Hall–Kier alpha value is -2.22. The first-order valence-electron chi connectivity index (χ1n) is 7.74. The Bertz CT molecular complexity index is 847. The summed E-state index contributed by atoms with van der Waals surface area (Å²) in [5, 5.41) is 6.76. The summed E-state index contributed by atoms with van der Waals surface area (Å²) in [5.41, 5.74) is 0.633. The molecule has 0 spiro atoms. The standard InChI is InChI=1S/C16H20N4O3S/c1-16(14-13(10-18-19-14)24(2,22)23)6-4-8-20(11-16)15(21)12-5-3-7-17-9-12/h3,5,7,9-10H,4,6,8,11H2,1-2H3,(H,18,19)/t16-/m1/s1. The molecule has 0 radical (unpaired) electrons. The third-order valence-electron chi connectivity index (χ3n) is 4.50. The highest BCUT2D eigenvalue weighted by Gasteiger charge is 2.39. The Kier molecular flexibility index (Phi) is 4.16. The summed E-state index contributed by atoms with van der Waals surface area (Å²) < 4.78 is 24.0. The second-order valence-electron chi connectivity index (χ2n) is 6.51. The number of aromatic amines is 1. The maximum absolute atomic E-state index is 12.7. The van der Waals surface area contributed by atoms with Crippen molar-refractivity contribution in [2.75, 3.05) is 19.3 Å². The smallest absolute Gasteiger partial charge is 0.255 e. The third kappa shape index (κ3) is 3.06. The summed E-state index contributed by atoms with van der Waals surface area (Å²) in [4.78, 5) is 18.6. The zero-order valence-corrected chi connectivity index (χ0v) is 14.5. The number of amides is 1. The minimum Gasteiger partial charge on any atom is -0.338 e. The van der Waals surface area contributed by atoms with Crippen LogP contribution in [0.1, 0.15) is 35.8 Å². The SMILES string of the molecule is C[C@@]1(c2[nH]ncc2S(C)(=O)=O)CCCN(C(=O)c2cccnc2)C1. The molecule has 0 saturated carbocycles. The van der Waals surface area contributed by atoms with Gasteiger partial charge < -0.3 is 4.90 Å². The summed E-state index contributed by atoms with van der Waals surface area (Å²) in [6.45, 7) is 3.05. The van der Waals surface area contributed by atoms with Crippen LogP contribution in [0.4, 0.5) is 0 Å². The molecule has 128 valence electrons. The van der Waals surface area contributed by atoms with Gasteiger partial charge >= 0.3 is 0 Å². The fourth-order valence-electron chi connectivity index (χ4n) is 3.28. The third-order valence-corrected chi connectivity index (χ3v) is 5.61. The molecule has 1 atom stereocenters. The quantitative estimate of drug-likeness (QED) is 0.904. The Morgan fingerprint density at radius 3 is 2.83 bits per heavy atom. The van der Waals surface area contributed by atoms with Crippen molar-refractivity contribution in [3.8, 4) is 0 Å². The van der Waals surface area contributed by atoms with Crippen molar-refractivity contribution in [2.45, 2.75) is 30.1 Å². The van der Waals surface area contributed by atoms with E-state index in [4.69, 9.17) is 0 Å². The van der Waals surface area contributed by atoms with Gasteiger partial charge in [-0.1, -0.05) is 6.92 Å². The molecular weight excluding hydrogens is 328 g/mol. The zero-order valence-electron chi connectivity index (χ0n) is 13.7. The van der Waals surface area contributed by atoms with Crippen molar-refractivity contribution < 1.29 is 13.2 Å². The van der Waals surface area contributed by atoms with E-state index in [1.54, 1.807) is 29.4 Å². The highest BCUT2D eigenvalue weighted by molar-refractivity contribution is 7.90. The molecule has 1 amide bonds.